The molecule has 1 fully saturated rings. The van der Waals surface area contributed by atoms with Gasteiger partial charge in [-0.1, -0.05) is 29.5 Å². The molecule has 128 valence electrons. The first-order valence-electron chi connectivity index (χ1n) is 8.33. The van der Waals surface area contributed by atoms with E-state index in [1.54, 1.807) is 7.11 Å². The summed E-state index contributed by atoms with van der Waals surface area (Å²) in [4.78, 5) is 2.44. The fourth-order valence-electron chi connectivity index (χ4n) is 2.98. The second kappa shape index (κ2) is 8.08. The second-order valence-electron chi connectivity index (χ2n) is 6.06. The smallest absolute Gasteiger partial charge is 0.118 e. The van der Waals surface area contributed by atoms with E-state index in [4.69, 9.17) is 9.84 Å². The van der Waals surface area contributed by atoms with E-state index in [1.807, 2.05) is 23.0 Å². The van der Waals surface area contributed by atoms with Crippen molar-refractivity contribution in [2.24, 2.45) is 0 Å². The third-order valence-electron chi connectivity index (χ3n) is 4.44. The minimum Gasteiger partial charge on any atom is -0.497 e. The molecule has 1 aromatic carbocycles. The van der Waals surface area contributed by atoms with Crippen LogP contribution in [-0.2, 0) is 6.61 Å². The van der Waals surface area contributed by atoms with Gasteiger partial charge in [0.25, 0.3) is 0 Å². The summed E-state index contributed by atoms with van der Waals surface area (Å²) in [5.74, 6) is 0.881. The topological polar surface area (TPSA) is 63.4 Å². The molecule has 1 aliphatic rings. The summed E-state index contributed by atoms with van der Waals surface area (Å²) < 4.78 is 7.07. The van der Waals surface area contributed by atoms with Gasteiger partial charge in [-0.3, -0.25) is 4.90 Å². The van der Waals surface area contributed by atoms with Crippen molar-refractivity contribution in [2.45, 2.75) is 25.5 Å². The molecular formula is C18H24N4O2. The summed E-state index contributed by atoms with van der Waals surface area (Å²) in [6.45, 7) is 3.00. The number of aliphatic hydroxyl groups is 1. The average molecular weight is 328 g/mol. The number of rotatable bonds is 6. The molecule has 0 unspecified atom stereocenters. The van der Waals surface area contributed by atoms with E-state index in [-0.39, 0.29) is 6.61 Å². The molecule has 6 heteroatoms. The maximum Gasteiger partial charge on any atom is 0.118 e. The minimum atomic E-state index is -0.0466. The molecular weight excluding hydrogens is 304 g/mol. The minimum absolute atomic E-state index is 0.0466. The summed E-state index contributed by atoms with van der Waals surface area (Å²) in [5, 5.41) is 17.1. The summed E-state index contributed by atoms with van der Waals surface area (Å²) in [7, 11) is 1.68. The van der Waals surface area contributed by atoms with Crippen molar-refractivity contribution in [3.63, 3.8) is 0 Å². The number of hydrogen-bond donors (Lipinski definition) is 1. The molecule has 0 atom stereocenters. The fraction of sp³-hybridized carbons (Fsp3) is 0.444. The number of benzene rings is 1. The Morgan fingerprint density at radius 3 is 2.62 bits per heavy atom. The third-order valence-corrected chi connectivity index (χ3v) is 4.44. The summed E-state index contributed by atoms with van der Waals surface area (Å²) in [6, 6.07) is 8.46. The second-order valence-corrected chi connectivity index (χ2v) is 6.06. The number of piperidine rings is 1. The van der Waals surface area contributed by atoms with Crippen LogP contribution in [0.3, 0.4) is 0 Å². The van der Waals surface area contributed by atoms with E-state index in [0.717, 1.165) is 38.2 Å². The Balaban J connectivity index is 1.45. The van der Waals surface area contributed by atoms with Gasteiger partial charge in [-0.25, -0.2) is 4.68 Å². The Hall–Kier alpha value is -2.18. The van der Waals surface area contributed by atoms with Gasteiger partial charge in [-0.05, 0) is 30.5 Å². The highest BCUT2D eigenvalue weighted by Crippen LogP contribution is 2.21. The molecule has 0 spiro atoms. The van der Waals surface area contributed by atoms with Crippen LogP contribution in [0.15, 0.2) is 36.5 Å². The van der Waals surface area contributed by atoms with Crippen LogP contribution in [0, 0.1) is 0 Å². The lowest BCUT2D eigenvalue weighted by molar-refractivity contribution is 0.194. The van der Waals surface area contributed by atoms with Crippen molar-refractivity contribution in [2.75, 3.05) is 26.7 Å². The Labute approximate surface area is 142 Å². The van der Waals surface area contributed by atoms with E-state index in [2.05, 4.69) is 39.5 Å². The lowest BCUT2D eigenvalue weighted by Crippen LogP contribution is -2.34. The first-order valence-corrected chi connectivity index (χ1v) is 8.33. The molecule has 0 saturated carbocycles. The number of likely N-dealkylation sites (tertiary alicyclic amines) is 1. The number of aromatic nitrogens is 3. The van der Waals surface area contributed by atoms with Crippen LogP contribution in [0.25, 0.3) is 6.08 Å². The number of methoxy groups -OCH3 is 1. The largest absolute Gasteiger partial charge is 0.497 e. The first-order chi connectivity index (χ1) is 11.8. The molecule has 1 aliphatic heterocycles. The molecule has 3 rings (SSSR count). The van der Waals surface area contributed by atoms with Crippen LogP contribution >= 0.6 is 0 Å². The lowest BCUT2D eigenvalue weighted by Gasteiger charge is -2.30. The van der Waals surface area contributed by atoms with Gasteiger partial charge in [0.1, 0.15) is 11.4 Å². The van der Waals surface area contributed by atoms with Crippen LogP contribution in [0.4, 0.5) is 0 Å². The van der Waals surface area contributed by atoms with Crippen LogP contribution < -0.4 is 4.74 Å². The predicted octanol–water partition coefficient (Wildman–Crippen LogP) is 2.13. The zero-order valence-corrected chi connectivity index (χ0v) is 14.0. The molecule has 0 bridgehead atoms. The van der Waals surface area contributed by atoms with E-state index < -0.39 is 0 Å². The highest BCUT2D eigenvalue weighted by Gasteiger charge is 2.20. The van der Waals surface area contributed by atoms with E-state index in [0.29, 0.717) is 11.7 Å². The van der Waals surface area contributed by atoms with E-state index in [9.17, 15) is 0 Å². The number of aliphatic hydroxyl groups excluding tert-OH is 1. The van der Waals surface area contributed by atoms with Crippen molar-refractivity contribution in [3.8, 4) is 5.75 Å². The van der Waals surface area contributed by atoms with Crippen molar-refractivity contribution in [1.29, 1.82) is 0 Å². The van der Waals surface area contributed by atoms with Crippen molar-refractivity contribution >= 4 is 6.08 Å². The molecule has 0 amide bonds. The van der Waals surface area contributed by atoms with Gasteiger partial charge < -0.3 is 9.84 Å². The van der Waals surface area contributed by atoms with Gasteiger partial charge in [0.05, 0.1) is 26.0 Å². The van der Waals surface area contributed by atoms with Crippen molar-refractivity contribution in [3.05, 3.63) is 47.8 Å². The van der Waals surface area contributed by atoms with Gasteiger partial charge in [-0.15, -0.1) is 5.10 Å². The number of hydrogen-bond acceptors (Lipinski definition) is 5. The molecule has 0 aliphatic carbocycles. The molecule has 6 nitrogen and oxygen atoms in total. The standard InChI is InChI=1S/C18H24N4O2/c1-24-18-6-4-15(5-7-18)3-2-10-21-11-8-17(9-12-21)22-13-16(14-23)19-20-22/h2-7,13,17,23H,8-12,14H2,1H3. The summed E-state index contributed by atoms with van der Waals surface area (Å²) in [6.07, 6.45) is 8.33. The summed E-state index contributed by atoms with van der Waals surface area (Å²) in [5.41, 5.74) is 1.82. The normalized spacial score (nSPS) is 16.8. The Bertz CT molecular complexity index is 658. The Kier molecular flexibility index (Phi) is 5.61. The van der Waals surface area contributed by atoms with Gasteiger partial charge >= 0.3 is 0 Å². The van der Waals surface area contributed by atoms with E-state index >= 15 is 0 Å². The van der Waals surface area contributed by atoms with Crippen molar-refractivity contribution < 1.29 is 9.84 Å². The van der Waals surface area contributed by atoms with Crippen LogP contribution in [0.5, 0.6) is 5.75 Å². The van der Waals surface area contributed by atoms with Crippen LogP contribution in [0.1, 0.15) is 30.1 Å². The van der Waals surface area contributed by atoms with Gasteiger partial charge in [0, 0.05) is 19.6 Å². The van der Waals surface area contributed by atoms with Gasteiger partial charge in [-0.2, -0.15) is 0 Å². The van der Waals surface area contributed by atoms with E-state index in [1.165, 1.54) is 5.56 Å². The lowest BCUT2D eigenvalue weighted by atomic mass is 10.1. The molecule has 2 aromatic rings. The Morgan fingerprint density at radius 1 is 1.25 bits per heavy atom. The quantitative estimate of drug-likeness (QED) is 0.880. The maximum absolute atomic E-state index is 9.07. The molecule has 2 heterocycles. The molecule has 1 saturated heterocycles. The summed E-state index contributed by atoms with van der Waals surface area (Å²) >= 11 is 0. The SMILES string of the molecule is COc1ccc(C=CCN2CCC(n3cc(CO)nn3)CC2)cc1. The highest BCUT2D eigenvalue weighted by atomic mass is 16.5. The Morgan fingerprint density at radius 2 is 2.00 bits per heavy atom. The van der Waals surface area contributed by atoms with Gasteiger partial charge in [0.2, 0.25) is 0 Å². The molecule has 0 radical (unpaired) electrons. The molecule has 1 aromatic heterocycles. The predicted molar refractivity (Wildman–Crippen MR) is 92.7 cm³/mol. The molecule has 1 N–H and O–H groups in total. The third kappa shape index (κ3) is 4.21. The fourth-order valence-corrected chi connectivity index (χ4v) is 2.98. The van der Waals surface area contributed by atoms with Gasteiger partial charge in [0.15, 0.2) is 0 Å². The maximum atomic E-state index is 9.07. The number of ether oxygens (including phenoxy) is 1. The highest BCUT2D eigenvalue weighted by molar-refractivity contribution is 5.50. The number of nitrogens with zero attached hydrogens (tertiary/aromatic N) is 4. The molecule has 24 heavy (non-hydrogen) atoms. The zero-order valence-electron chi connectivity index (χ0n) is 14.0. The zero-order chi connectivity index (χ0) is 16.8. The van der Waals surface area contributed by atoms with Crippen molar-refractivity contribution in [1.82, 2.24) is 19.9 Å². The average Bonchev–Trinajstić information content (AvgIpc) is 3.12. The monoisotopic (exact) mass is 328 g/mol. The van der Waals surface area contributed by atoms with Crippen LogP contribution in [-0.4, -0.2) is 51.7 Å². The van der Waals surface area contributed by atoms with Crippen LogP contribution in [0.2, 0.25) is 0 Å². The first kappa shape index (κ1) is 16.7.